The first-order valence-electron chi connectivity index (χ1n) is 13.0. The third-order valence-corrected chi connectivity index (χ3v) is 6.97. The van der Waals surface area contributed by atoms with Crippen LogP contribution < -0.4 is 15.5 Å². The number of hydrogen-bond donors (Lipinski definition) is 2. The maximum atomic E-state index is 12.9. The number of aryl methyl sites for hydroxylation is 1. The fourth-order valence-electron chi connectivity index (χ4n) is 4.72. The third-order valence-electron chi connectivity index (χ3n) is 6.97. The molecule has 196 valence electrons. The maximum absolute atomic E-state index is 12.9. The second kappa shape index (κ2) is 11.0. The molecule has 0 unspecified atom stereocenters. The summed E-state index contributed by atoms with van der Waals surface area (Å²) in [7, 11) is 0. The van der Waals surface area contributed by atoms with Gasteiger partial charge in [-0.2, -0.15) is 4.98 Å². The Kier molecular flexibility index (Phi) is 7.37. The van der Waals surface area contributed by atoms with Crippen molar-refractivity contribution in [2.45, 2.75) is 39.2 Å². The number of anilines is 2. The van der Waals surface area contributed by atoms with Crippen molar-refractivity contribution in [1.82, 2.24) is 19.4 Å². The zero-order valence-electron chi connectivity index (χ0n) is 21.6. The molecule has 9 heteroatoms. The van der Waals surface area contributed by atoms with Crippen molar-refractivity contribution in [3.05, 3.63) is 82.3 Å². The van der Waals surface area contributed by atoms with Gasteiger partial charge in [-0.05, 0) is 55.6 Å². The molecule has 0 spiro atoms. The number of carboxylic acid groups (broad SMARTS) is 1. The summed E-state index contributed by atoms with van der Waals surface area (Å²) in [5.41, 5.74) is 1.95. The number of nitrogens with zero attached hydrogens (tertiary/aromatic N) is 4. The van der Waals surface area contributed by atoms with Crippen molar-refractivity contribution in [2.24, 2.45) is 0 Å². The zero-order valence-corrected chi connectivity index (χ0v) is 21.6. The Hall–Kier alpha value is -4.24. The molecule has 4 aromatic rings. The monoisotopic (exact) mass is 513 g/mol. The highest BCUT2D eigenvalue weighted by atomic mass is 16.5. The molecular weight excluding hydrogens is 482 g/mol. The average molecular weight is 514 g/mol. The highest BCUT2D eigenvalue weighted by Crippen LogP contribution is 2.25. The molecule has 5 rings (SSSR count). The van der Waals surface area contributed by atoms with E-state index in [9.17, 15) is 14.7 Å². The van der Waals surface area contributed by atoms with Crippen LogP contribution in [0.2, 0.25) is 0 Å². The number of likely N-dealkylation sites (tertiary alicyclic amines) is 1. The predicted octanol–water partition coefficient (Wildman–Crippen LogP) is 4.65. The molecule has 1 aliphatic heterocycles. The van der Waals surface area contributed by atoms with E-state index in [1.54, 1.807) is 4.57 Å². The van der Waals surface area contributed by atoms with E-state index in [4.69, 9.17) is 4.74 Å². The molecule has 38 heavy (non-hydrogen) atoms. The van der Waals surface area contributed by atoms with Crippen LogP contribution in [0.15, 0.2) is 65.7 Å². The number of carbonyl (C=O) groups is 1. The minimum absolute atomic E-state index is 0.130. The number of fused-ring (bicyclic) bond motifs is 1. The lowest BCUT2D eigenvalue weighted by Gasteiger charge is -2.31. The van der Waals surface area contributed by atoms with E-state index in [0.717, 1.165) is 55.9 Å². The number of pyridine rings is 1. The van der Waals surface area contributed by atoms with Crippen LogP contribution in [0.4, 0.5) is 11.6 Å². The van der Waals surface area contributed by atoms with Crippen LogP contribution in [-0.4, -0.2) is 56.2 Å². The van der Waals surface area contributed by atoms with E-state index in [0.29, 0.717) is 11.3 Å². The van der Waals surface area contributed by atoms with Gasteiger partial charge in [0.05, 0.1) is 5.39 Å². The number of piperidine rings is 1. The van der Waals surface area contributed by atoms with Crippen molar-refractivity contribution in [3.8, 4) is 11.4 Å². The van der Waals surface area contributed by atoms with Crippen molar-refractivity contribution in [3.63, 3.8) is 0 Å². The molecule has 0 aliphatic carbocycles. The summed E-state index contributed by atoms with van der Waals surface area (Å²) in [5.74, 6) is -0.243. The van der Waals surface area contributed by atoms with Crippen LogP contribution in [-0.2, 0) is 6.42 Å². The Balaban J connectivity index is 1.45. The second-order valence-corrected chi connectivity index (χ2v) is 9.40. The summed E-state index contributed by atoms with van der Waals surface area (Å²) in [6.45, 7) is 7.38. The van der Waals surface area contributed by atoms with E-state index in [2.05, 4.69) is 34.0 Å². The van der Waals surface area contributed by atoms with E-state index in [1.807, 2.05) is 48.5 Å². The summed E-state index contributed by atoms with van der Waals surface area (Å²) in [6, 6.07) is 15.3. The van der Waals surface area contributed by atoms with E-state index in [1.165, 1.54) is 12.4 Å². The molecule has 2 N–H and O–H groups in total. The Morgan fingerprint density at radius 3 is 2.58 bits per heavy atom. The Labute approximate surface area is 220 Å². The first-order chi connectivity index (χ1) is 18.4. The number of nitrogens with one attached hydrogen (secondary N) is 1. The van der Waals surface area contributed by atoms with Crippen LogP contribution in [0.25, 0.3) is 16.7 Å². The normalized spacial score (nSPS) is 14.5. The molecule has 2 aromatic carbocycles. The molecule has 0 radical (unpaired) electrons. The Bertz CT molecular complexity index is 1510. The molecule has 1 aliphatic rings. The van der Waals surface area contributed by atoms with Crippen LogP contribution in [0.1, 0.15) is 42.6 Å². The van der Waals surface area contributed by atoms with Gasteiger partial charge in [-0.3, -0.25) is 4.79 Å². The number of carboxylic acids is 1. The topological polar surface area (TPSA) is 110 Å². The fourth-order valence-corrected chi connectivity index (χ4v) is 4.72. The van der Waals surface area contributed by atoms with Gasteiger partial charge in [0, 0.05) is 42.9 Å². The lowest BCUT2D eigenvalue weighted by atomic mass is 10.1. The Morgan fingerprint density at radius 2 is 1.89 bits per heavy atom. The lowest BCUT2D eigenvalue weighted by molar-refractivity contribution is 0.0695. The summed E-state index contributed by atoms with van der Waals surface area (Å²) in [4.78, 5) is 36.0. The molecule has 0 bridgehead atoms. The smallest absolute Gasteiger partial charge is 0.341 e. The van der Waals surface area contributed by atoms with Gasteiger partial charge >= 0.3 is 5.97 Å². The second-order valence-electron chi connectivity index (χ2n) is 9.40. The van der Waals surface area contributed by atoms with Crippen LogP contribution in [0.5, 0.6) is 5.75 Å². The highest BCUT2D eigenvalue weighted by molar-refractivity contribution is 5.92. The largest absolute Gasteiger partial charge is 0.490 e. The first kappa shape index (κ1) is 25.4. The first-order valence-corrected chi connectivity index (χ1v) is 13.0. The molecule has 3 heterocycles. The van der Waals surface area contributed by atoms with Crippen molar-refractivity contribution < 1.29 is 14.6 Å². The summed E-state index contributed by atoms with van der Waals surface area (Å²) >= 11 is 0. The van der Waals surface area contributed by atoms with Crippen molar-refractivity contribution in [1.29, 1.82) is 0 Å². The summed E-state index contributed by atoms with van der Waals surface area (Å²) < 4.78 is 7.86. The van der Waals surface area contributed by atoms with Gasteiger partial charge in [0.2, 0.25) is 11.4 Å². The molecule has 2 aromatic heterocycles. The van der Waals surface area contributed by atoms with Gasteiger partial charge in [0.15, 0.2) is 5.65 Å². The predicted molar refractivity (Wildman–Crippen MR) is 147 cm³/mol. The molecule has 0 amide bonds. The van der Waals surface area contributed by atoms with Gasteiger partial charge in [-0.15, -0.1) is 0 Å². The molecule has 9 nitrogen and oxygen atoms in total. The number of ether oxygens (including phenoxy) is 1. The van der Waals surface area contributed by atoms with E-state index < -0.39 is 11.4 Å². The number of rotatable bonds is 8. The molecule has 1 saturated heterocycles. The third kappa shape index (κ3) is 5.38. The van der Waals surface area contributed by atoms with E-state index >= 15 is 0 Å². The minimum Gasteiger partial charge on any atom is -0.490 e. The molecular formula is C29H31N5O4. The summed E-state index contributed by atoms with van der Waals surface area (Å²) in [6.07, 6.45) is 5.74. The lowest BCUT2D eigenvalue weighted by Crippen LogP contribution is -2.37. The molecule has 1 fully saturated rings. The number of hydrogen-bond acceptors (Lipinski definition) is 7. The standard InChI is InChI=1S/C29H31N5O4/c1-3-19-8-10-21(11-9-19)34-18-25(28(36)37)26(35)24-17-30-29(32-27(24)34)31-20-6-5-7-23(16-20)38-22-12-14-33(4-2)15-13-22/h5-11,16-18,22H,3-4,12-15H2,1-2H3,(H,36,37)(H,30,31,32). The number of aromatic carboxylic acids is 1. The fraction of sp³-hybridized carbons (Fsp3) is 0.310. The molecule has 0 saturated carbocycles. The molecule has 0 atom stereocenters. The van der Waals surface area contributed by atoms with Gasteiger partial charge in [0.1, 0.15) is 17.4 Å². The zero-order chi connectivity index (χ0) is 26.6. The van der Waals surface area contributed by atoms with Crippen LogP contribution in [0.3, 0.4) is 0 Å². The van der Waals surface area contributed by atoms with Crippen LogP contribution in [0, 0.1) is 0 Å². The highest BCUT2D eigenvalue weighted by Gasteiger charge is 2.20. The number of benzene rings is 2. The van der Waals surface area contributed by atoms with Gasteiger partial charge in [-0.1, -0.05) is 32.0 Å². The van der Waals surface area contributed by atoms with E-state index in [-0.39, 0.29) is 23.0 Å². The quantitative estimate of drug-likeness (QED) is 0.351. The number of aromatic nitrogens is 3. The van der Waals surface area contributed by atoms with Gasteiger partial charge < -0.3 is 24.6 Å². The SMILES string of the molecule is CCc1ccc(-n2cc(C(=O)O)c(=O)c3cnc(Nc4cccc(OC5CCN(CC)CC5)c4)nc32)cc1. The van der Waals surface area contributed by atoms with Crippen molar-refractivity contribution >= 4 is 28.6 Å². The summed E-state index contributed by atoms with van der Waals surface area (Å²) in [5, 5.41) is 12.9. The van der Waals surface area contributed by atoms with Crippen molar-refractivity contribution in [2.75, 3.05) is 25.0 Å². The average Bonchev–Trinajstić information content (AvgIpc) is 2.94. The Morgan fingerprint density at radius 1 is 1.13 bits per heavy atom. The minimum atomic E-state index is -1.30. The maximum Gasteiger partial charge on any atom is 0.341 e. The van der Waals surface area contributed by atoms with Crippen LogP contribution >= 0.6 is 0 Å². The van der Waals surface area contributed by atoms with Gasteiger partial charge in [0.25, 0.3) is 0 Å². The van der Waals surface area contributed by atoms with Gasteiger partial charge in [-0.25, -0.2) is 9.78 Å².